The number of alkyl halides is 2. The van der Waals surface area contributed by atoms with E-state index in [9.17, 15) is 8.78 Å². The summed E-state index contributed by atoms with van der Waals surface area (Å²) in [5, 5.41) is 2.91. The Morgan fingerprint density at radius 1 is 0.812 bits per heavy atom. The van der Waals surface area contributed by atoms with Crippen molar-refractivity contribution in [3.8, 4) is 0 Å². The molecule has 0 aliphatic carbocycles. The van der Waals surface area contributed by atoms with Gasteiger partial charge in [-0.25, -0.2) is 8.78 Å². The molecular formula is C26H42F2N4. The minimum absolute atomic E-state index is 0. The second-order valence-corrected chi connectivity index (χ2v) is 9.51. The van der Waals surface area contributed by atoms with Crippen LogP contribution < -0.4 is 5.32 Å². The van der Waals surface area contributed by atoms with E-state index in [4.69, 9.17) is 0 Å². The number of hydrogen-bond acceptors (Lipinski definition) is 4. The molecule has 0 aromatic heterocycles. The summed E-state index contributed by atoms with van der Waals surface area (Å²) in [6, 6.07) is 20.9. The van der Waals surface area contributed by atoms with Crippen molar-refractivity contribution in [1.82, 2.24) is 20.0 Å². The molecule has 0 saturated carbocycles. The Balaban J connectivity index is 0.000000422. The van der Waals surface area contributed by atoms with Gasteiger partial charge in [-0.3, -0.25) is 4.90 Å². The Labute approximate surface area is 194 Å². The molecule has 2 aromatic carbocycles. The summed E-state index contributed by atoms with van der Waals surface area (Å²) in [5.74, 6) is 0. The van der Waals surface area contributed by atoms with Gasteiger partial charge in [0.25, 0.3) is 0 Å². The normalized spacial score (nSPS) is 18.9. The van der Waals surface area contributed by atoms with Crippen LogP contribution in [-0.2, 0) is 0 Å². The van der Waals surface area contributed by atoms with Gasteiger partial charge in [-0.1, -0.05) is 68.1 Å². The third-order valence-electron chi connectivity index (χ3n) is 5.65. The standard InChI is InChI=1S/C19H23FN2.C6H13FN2.CH4.H2/c1-21(2)13-19(20)14-22(15-19)18(16-9-5-3-6-10-16)17-11-7-4-8-12-17;1-9(2)5-6(7)3-8-4-6;;/h3-12,18H,13-15H2,1-2H3;8H,3-5H2,1-2H3;1H4;1H. The first-order valence-electron chi connectivity index (χ1n) is 10.9. The van der Waals surface area contributed by atoms with Crippen LogP contribution in [0.3, 0.4) is 0 Å². The van der Waals surface area contributed by atoms with Crippen molar-refractivity contribution in [2.24, 2.45) is 0 Å². The Morgan fingerprint density at radius 2 is 1.22 bits per heavy atom. The number of hydrogen-bond donors (Lipinski definition) is 1. The SMILES string of the molecule is C.CN(C)CC1(F)CN(C(c2ccccc2)c2ccccc2)C1.CN(C)CC1(F)CNC1.[HH]. The third kappa shape index (κ3) is 7.07. The molecule has 2 aliphatic rings. The van der Waals surface area contributed by atoms with Gasteiger partial charge in [-0.15, -0.1) is 0 Å². The Kier molecular flexibility index (Phi) is 9.34. The number of halogens is 2. The van der Waals surface area contributed by atoms with Gasteiger partial charge in [-0.2, -0.15) is 0 Å². The fourth-order valence-electron chi connectivity index (χ4n) is 4.49. The van der Waals surface area contributed by atoms with Crippen LogP contribution in [-0.4, -0.2) is 93.5 Å². The zero-order valence-electron chi connectivity index (χ0n) is 19.2. The molecule has 2 saturated heterocycles. The topological polar surface area (TPSA) is 21.8 Å². The summed E-state index contributed by atoms with van der Waals surface area (Å²) < 4.78 is 27.8. The first kappa shape index (κ1) is 26.4. The number of likely N-dealkylation sites (tertiary alicyclic amines) is 1. The van der Waals surface area contributed by atoms with Crippen molar-refractivity contribution in [3.63, 3.8) is 0 Å². The maximum atomic E-state index is 14.7. The quantitative estimate of drug-likeness (QED) is 0.688. The monoisotopic (exact) mass is 448 g/mol. The summed E-state index contributed by atoms with van der Waals surface area (Å²) in [7, 11) is 7.63. The maximum Gasteiger partial charge on any atom is 0.148 e. The second-order valence-electron chi connectivity index (χ2n) is 9.51. The first-order valence-corrected chi connectivity index (χ1v) is 10.9. The van der Waals surface area contributed by atoms with Gasteiger partial charge in [0.2, 0.25) is 0 Å². The van der Waals surface area contributed by atoms with Crippen molar-refractivity contribution in [2.75, 3.05) is 67.5 Å². The molecule has 0 bridgehead atoms. The molecule has 1 N–H and O–H groups in total. The molecular weight excluding hydrogens is 406 g/mol. The van der Waals surface area contributed by atoms with E-state index in [1.807, 2.05) is 74.4 Å². The van der Waals surface area contributed by atoms with Gasteiger partial charge in [0.15, 0.2) is 0 Å². The van der Waals surface area contributed by atoms with Crippen LogP contribution in [0.4, 0.5) is 8.78 Å². The molecule has 4 rings (SSSR count). The third-order valence-corrected chi connectivity index (χ3v) is 5.65. The molecule has 0 spiro atoms. The molecule has 0 atom stereocenters. The largest absolute Gasteiger partial charge is 0.310 e. The second kappa shape index (κ2) is 11.3. The Bertz CT molecular complexity index is 755. The Hall–Kier alpha value is -1.86. The van der Waals surface area contributed by atoms with Crippen LogP contribution in [0.15, 0.2) is 60.7 Å². The number of nitrogens with zero attached hydrogens (tertiary/aromatic N) is 3. The molecule has 4 nitrogen and oxygen atoms in total. The number of rotatable bonds is 7. The van der Waals surface area contributed by atoms with Crippen LogP contribution in [0.25, 0.3) is 0 Å². The minimum atomic E-state index is -1.09. The molecule has 6 heteroatoms. The van der Waals surface area contributed by atoms with E-state index in [1.165, 1.54) is 11.1 Å². The van der Waals surface area contributed by atoms with Gasteiger partial charge >= 0.3 is 0 Å². The van der Waals surface area contributed by atoms with Crippen molar-refractivity contribution in [1.29, 1.82) is 0 Å². The van der Waals surface area contributed by atoms with Crippen molar-refractivity contribution < 1.29 is 10.2 Å². The van der Waals surface area contributed by atoms with Crippen LogP contribution >= 0.6 is 0 Å². The fourth-order valence-corrected chi connectivity index (χ4v) is 4.49. The maximum absolute atomic E-state index is 14.7. The van der Waals surface area contributed by atoms with E-state index in [0.29, 0.717) is 39.3 Å². The predicted octanol–water partition coefficient (Wildman–Crippen LogP) is 4.10. The lowest BCUT2D eigenvalue weighted by Crippen LogP contribution is -2.63. The fraction of sp³-hybridized carbons (Fsp3) is 0.538. The van der Waals surface area contributed by atoms with Gasteiger partial charge in [0, 0.05) is 40.7 Å². The van der Waals surface area contributed by atoms with Gasteiger partial charge in [0.05, 0.1) is 6.04 Å². The lowest BCUT2D eigenvalue weighted by atomic mass is 9.88. The smallest absolute Gasteiger partial charge is 0.148 e. The van der Waals surface area contributed by atoms with Crippen LogP contribution in [0.5, 0.6) is 0 Å². The van der Waals surface area contributed by atoms with E-state index >= 15 is 0 Å². The minimum Gasteiger partial charge on any atom is -0.310 e. The molecule has 0 unspecified atom stereocenters. The van der Waals surface area contributed by atoms with E-state index in [0.717, 1.165) is 0 Å². The highest BCUT2D eigenvalue weighted by Gasteiger charge is 2.47. The number of nitrogens with one attached hydrogen (secondary N) is 1. The molecule has 0 radical (unpaired) electrons. The molecule has 2 fully saturated rings. The lowest BCUT2D eigenvalue weighted by molar-refractivity contribution is -0.0620. The van der Waals surface area contributed by atoms with Crippen molar-refractivity contribution in [3.05, 3.63) is 71.8 Å². The summed E-state index contributed by atoms with van der Waals surface area (Å²) in [5.41, 5.74) is 0.413. The first-order chi connectivity index (χ1) is 14.7. The van der Waals surface area contributed by atoms with Gasteiger partial charge in [0.1, 0.15) is 11.3 Å². The molecule has 0 amide bonds. The van der Waals surface area contributed by atoms with E-state index in [-0.39, 0.29) is 14.9 Å². The molecule has 2 aromatic rings. The summed E-state index contributed by atoms with van der Waals surface area (Å²) in [6.45, 7) is 3.04. The lowest BCUT2D eigenvalue weighted by Gasteiger charge is -2.49. The van der Waals surface area contributed by atoms with Crippen molar-refractivity contribution >= 4 is 0 Å². The van der Waals surface area contributed by atoms with Crippen LogP contribution in [0.2, 0.25) is 0 Å². The molecule has 2 aliphatic heterocycles. The molecule has 2 heterocycles. The highest BCUT2D eigenvalue weighted by Crippen LogP contribution is 2.37. The molecule has 180 valence electrons. The van der Waals surface area contributed by atoms with Crippen molar-refractivity contribution in [2.45, 2.75) is 24.8 Å². The zero-order valence-corrected chi connectivity index (χ0v) is 19.2. The van der Waals surface area contributed by atoms with E-state index in [1.54, 1.807) is 0 Å². The van der Waals surface area contributed by atoms with Gasteiger partial charge < -0.3 is 15.1 Å². The summed E-state index contributed by atoms with van der Waals surface area (Å²) >= 11 is 0. The molecule has 32 heavy (non-hydrogen) atoms. The van der Waals surface area contributed by atoms with E-state index < -0.39 is 11.3 Å². The summed E-state index contributed by atoms with van der Waals surface area (Å²) in [6.07, 6.45) is 0. The average molecular weight is 449 g/mol. The summed E-state index contributed by atoms with van der Waals surface area (Å²) in [4.78, 5) is 6.03. The predicted molar refractivity (Wildman–Crippen MR) is 133 cm³/mol. The highest BCUT2D eigenvalue weighted by molar-refractivity contribution is 5.33. The Morgan fingerprint density at radius 3 is 1.53 bits per heavy atom. The average Bonchev–Trinajstić information content (AvgIpc) is 2.67. The van der Waals surface area contributed by atoms with Crippen LogP contribution in [0.1, 0.15) is 26.0 Å². The van der Waals surface area contributed by atoms with E-state index in [2.05, 4.69) is 34.5 Å². The van der Waals surface area contributed by atoms with Gasteiger partial charge in [-0.05, 0) is 39.3 Å². The number of benzene rings is 2. The highest BCUT2D eigenvalue weighted by atomic mass is 19.1. The van der Waals surface area contributed by atoms with Crippen LogP contribution in [0, 0.1) is 0 Å². The zero-order chi connectivity index (χ0) is 22.5.